The predicted octanol–water partition coefficient (Wildman–Crippen LogP) is 6.22. The number of unbranched alkanes of at least 4 members (excludes halogenated alkanes) is 9. The maximum absolute atomic E-state index is 10.7. The molecule has 1 unspecified atom stereocenters. The zero-order valence-corrected chi connectivity index (χ0v) is 14.9. The third kappa shape index (κ3) is 17.9. The molecular formula is C17H30Cl2O2. The quantitative estimate of drug-likeness (QED) is 0.262. The van der Waals surface area contributed by atoms with Crippen LogP contribution in [0, 0.1) is 5.92 Å². The highest BCUT2D eigenvalue weighted by molar-refractivity contribution is 6.63. The van der Waals surface area contributed by atoms with Crippen molar-refractivity contribution in [1.29, 1.82) is 0 Å². The Bertz CT molecular complexity index is 280. The van der Waals surface area contributed by atoms with Crippen LogP contribution >= 0.6 is 23.2 Å². The smallest absolute Gasteiger partial charge is 0.221 e. The van der Waals surface area contributed by atoms with Crippen molar-refractivity contribution in [3.8, 4) is 0 Å². The van der Waals surface area contributed by atoms with Crippen LogP contribution in [0.1, 0.15) is 90.4 Å². The second-order valence-electron chi connectivity index (χ2n) is 6.09. The Balaban J connectivity index is 3.12. The Kier molecular flexibility index (Phi) is 14.8. The Morgan fingerprint density at radius 1 is 0.714 bits per heavy atom. The van der Waals surface area contributed by atoms with Gasteiger partial charge in [0, 0.05) is 12.8 Å². The van der Waals surface area contributed by atoms with Crippen LogP contribution in [0.4, 0.5) is 0 Å². The Labute approximate surface area is 140 Å². The van der Waals surface area contributed by atoms with Crippen molar-refractivity contribution in [2.75, 3.05) is 0 Å². The van der Waals surface area contributed by atoms with Gasteiger partial charge in [-0.1, -0.05) is 71.1 Å². The van der Waals surface area contributed by atoms with Gasteiger partial charge in [-0.15, -0.1) is 0 Å². The largest absolute Gasteiger partial charge is 0.281 e. The summed E-state index contributed by atoms with van der Waals surface area (Å²) in [5, 5.41) is -0.419. The standard InChI is InChI=1S/C17H30Cl2O2/c1-15(14-17(19)21)12-10-8-6-4-2-3-5-7-9-11-13-16(18)20/h15H,2-14H2,1H3. The van der Waals surface area contributed by atoms with Crippen LogP contribution in [0.5, 0.6) is 0 Å². The average molecular weight is 337 g/mol. The first kappa shape index (κ1) is 20.9. The number of carbonyl (C=O) groups is 2. The van der Waals surface area contributed by atoms with Gasteiger partial charge in [0.2, 0.25) is 10.5 Å². The minimum absolute atomic E-state index is 0.209. The first-order valence-corrected chi connectivity index (χ1v) is 9.14. The second kappa shape index (κ2) is 14.8. The normalized spacial score (nSPS) is 12.3. The molecule has 0 rings (SSSR count). The number of rotatable bonds is 15. The number of hydrogen-bond donors (Lipinski definition) is 0. The maximum atomic E-state index is 10.7. The highest BCUT2D eigenvalue weighted by atomic mass is 35.5. The fourth-order valence-corrected chi connectivity index (χ4v) is 2.94. The minimum Gasteiger partial charge on any atom is -0.281 e. The van der Waals surface area contributed by atoms with Gasteiger partial charge in [0.25, 0.3) is 0 Å². The molecule has 1 atom stereocenters. The molecule has 2 nitrogen and oxygen atoms in total. The topological polar surface area (TPSA) is 34.1 Å². The number of carbonyl (C=O) groups excluding carboxylic acids is 2. The van der Waals surface area contributed by atoms with E-state index in [0.29, 0.717) is 18.8 Å². The van der Waals surface area contributed by atoms with Crippen molar-refractivity contribution in [3.05, 3.63) is 0 Å². The van der Waals surface area contributed by atoms with Crippen molar-refractivity contribution >= 4 is 33.7 Å². The maximum Gasteiger partial charge on any atom is 0.221 e. The van der Waals surface area contributed by atoms with Crippen LogP contribution in [0.3, 0.4) is 0 Å². The van der Waals surface area contributed by atoms with Gasteiger partial charge in [-0.05, 0) is 35.5 Å². The minimum atomic E-state index is -0.210. The molecule has 4 heteroatoms. The van der Waals surface area contributed by atoms with Crippen LogP contribution in [0.2, 0.25) is 0 Å². The molecule has 0 amide bonds. The molecule has 0 aromatic rings. The van der Waals surface area contributed by atoms with Crippen LogP contribution in [-0.2, 0) is 9.59 Å². The molecule has 0 saturated carbocycles. The molecule has 0 spiro atoms. The predicted molar refractivity (Wildman–Crippen MR) is 90.9 cm³/mol. The van der Waals surface area contributed by atoms with Crippen LogP contribution in [0.25, 0.3) is 0 Å². The van der Waals surface area contributed by atoms with Crippen LogP contribution < -0.4 is 0 Å². The molecule has 0 fully saturated rings. The average Bonchev–Trinajstić information content (AvgIpc) is 2.38. The van der Waals surface area contributed by atoms with Crippen molar-refractivity contribution in [2.45, 2.75) is 90.4 Å². The van der Waals surface area contributed by atoms with Gasteiger partial charge in [-0.25, -0.2) is 0 Å². The van der Waals surface area contributed by atoms with E-state index in [2.05, 4.69) is 6.92 Å². The summed E-state index contributed by atoms with van der Waals surface area (Å²) in [5.74, 6) is 0.426. The molecule has 0 aromatic carbocycles. The summed E-state index contributed by atoms with van der Waals surface area (Å²) in [6.45, 7) is 2.10. The fraction of sp³-hybridized carbons (Fsp3) is 0.882. The first-order valence-electron chi connectivity index (χ1n) is 8.39. The van der Waals surface area contributed by atoms with Gasteiger partial charge in [0.1, 0.15) is 0 Å². The summed E-state index contributed by atoms with van der Waals surface area (Å²) in [6.07, 6.45) is 14.4. The van der Waals surface area contributed by atoms with E-state index in [0.717, 1.165) is 19.3 Å². The van der Waals surface area contributed by atoms with E-state index < -0.39 is 0 Å². The fourth-order valence-electron chi connectivity index (χ4n) is 2.55. The zero-order chi connectivity index (χ0) is 15.9. The summed E-state index contributed by atoms with van der Waals surface area (Å²) in [7, 11) is 0. The van der Waals surface area contributed by atoms with E-state index in [1.54, 1.807) is 0 Å². The third-order valence-corrected chi connectivity index (χ3v) is 4.17. The SMILES string of the molecule is CC(CCCCCCCCCCCCC(=O)Cl)CC(=O)Cl. The van der Waals surface area contributed by atoms with Crippen LogP contribution in [0.15, 0.2) is 0 Å². The van der Waals surface area contributed by atoms with Crippen molar-refractivity contribution in [3.63, 3.8) is 0 Å². The highest BCUT2D eigenvalue weighted by Gasteiger charge is 2.06. The zero-order valence-electron chi connectivity index (χ0n) is 13.3. The Hall–Kier alpha value is -0.0800. The molecule has 0 saturated heterocycles. The Morgan fingerprint density at radius 3 is 1.57 bits per heavy atom. The molecule has 0 aliphatic rings. The molecule has 21 heavy (non-hydrogen) atoms. The van der Waals surface area contributed by atoms with Gasteiger partial charge in [-0.2, -0.15) is 0 Å². The summed E-state index contributed by atoms with van der Waals surface area (Å²) in [4.78, 5) is 21.3. The van der Waals surface area contributed by atoms with E-state index in [-0.39, 0.29) is 10.5 Å². The molecule has 0 radical (unpaired) electrons. The van der Waals surface area contributed by atoms with Crippen molar-refractivity contribution < 1.29 is 9.59 Å². The van der Waals surface area contributed by atoms with E-state index in [1.165, 1.54) is 51.4 Å². The van der Waals surface area contributed by atoms with Gasteiger partial charge in [0.05, 0.1) is 0 Å². The first-order chi connectivity index (χ1) is 10.0. The molecular weight excluding hydrogens is 307 g/mol. The Morgan fingerprint density at radius 2 is 1.14 bits per heavy atom. The summed E-state index contributed by atoms with van der Waals surface area (Å²) < 4.78 is 0. The molecule has 0 bridgehead atoms. The summed E-state index contributed by atoms with van der Waals surface area (Å²) >= 11 is 10.7. The molecule has 0 aromatic heterocycles. The highest BCUT2D eigenvalue weighted by Crippen LogP contribution is 2.16. The van der Waals surface area contributed by atoms with E-state index in [4.69, 9.17) is 23.2 Å². The van der Waals surface area contributed by atoms with E-state index >= 15 is 0 Å². The van der Waals surface area contributed by atoms with Crippen LogP contribution in [-0.4, -0.2) is 10.5 Å². The van der Waals surface area contributed by atoms with Crippen molar-refractivity contribution in [1.82, 2.24) is 0 Å². The van der Waals surface area contributed by atoms with Gasteiger partial charge < -0.3 is 0 Å². The molecule has 0 heterocycles. The lowest BCUT2D eigenvalue weighted by atomic mass is 9.99. The molecule has 124 valence electrons. The van der Waals surface area contributed by atoms with Gasteiger partial charge >= 0.3 is 0 Å². The lowest BCUT2D eigenvalue weighted by Gasteiger charge is -2.08. The number of halogens is 2. The molecule has 0 aliphatic carbocycles. The lowest BCUT2D eigenvalue weighted by molar-refractivity contribution is -0.113. The second-order valence-corrected chi connectivity index (χ2v) is 6.94. The third-order valence-electron chi connectivity index (χ3n) is 3.83. The van der Waals surface area contributed by atoms with Gasteiger partial charge in [-0.3, -0.25) is 9.59 Å². The van der Waals surface area contributed by atoms with Crippen molar-refractivity contribution in [2.24, 2.45) is 5.92 Å². The monoisotopic (exact) mass is 336 g/mol. The van der Waals surface area contributed by atoms with Gasteiger partial charge in [0.15, 0.2) is 0 Å². The van der Waals surface area contributed by atoms with E-state index in [9.17, 15) is 9.59 Å². The lowest BCUT2D eigenvalue weighted by Crippen LogP contribution is -1.99. The summed E-state index contributed by atoms with van der Waals surface area (Å²) in [5.41, 5.74) is 0. The molecule has 0 aliphatic heterocycles. The van der Waals surface area contributed by atoms with E-state index in [1.807, 2.05) is 0 Å². The molecule has 0 N–H and O–H groups in total. The number of hydrogen-bond acceptors (Lipinski definition) is 2. The summed E-state index contributed by atoms with van der Waals surface area (Å²) in [6, 6.07) is 0.